The second kappa shape index (κ2) is 11.5. The maximum absolute atomic E-state index is 12.9. The molecule has 3 rings (SSSR count). The maximum atomic E-state index is 12.9. The van der Waals surface area contributed by atoms with Gasteiger partial charge in [0.25, 0.3) is 0 Å². The van der Waals surface area contributed by atoms with Crippen LogP contribution in [0.25, 0.3) is 0 Å². The SMILES string of the molecule is CCn1c(CC(=O)Nc2cccc(C(F)(F)F)c2)nnc1SCC(=O)Nc1cc(Cl)ccc1OC. The fourth-order valence-electron chi connectivity index (χ4n) is 3.09. The van der Waals surface area contributed by atoms with Gasteiger partial charge in [0.05, 0.1) is 30.5 Å². The van der Waals surface area contributed by atoms with Crippen LogP contribution in [-0.4, -0.2) is 39.4 Å². The van der Waals surface area contributed by atoms with Crippen LogP contribution in [0.3, 0.4) is 0 Å². The second-order valence-corrected chi connectivity index (χ2v) is 8.51. The van der Waals surface area contributed by atoms with E-state index in [4.69, 9.17) is 16.3 Å². The van der Waals surface area contributed by atoms with E-state index in [1.807, 2.05) is 6.92 Å². The molecule has 0 unspecified atom stereocenters. The number of hydrogen-bond acceptors (Lipinski definition) is 6. The molecule has 13 heteroatoms. The van der Waals surface area contributed by atoms with Crippen molar-refractivity contribution in [2.45, 2.75) is 31.2 Å². The average molecular weight is 528 g/mol. The Kier molecular flexibility index (Phi) is 8.62. The Morgan fingerprint density at radius 3 is 2.57 bits per heavy atom. The molecule has 2 amide bonds. The molecule has 1 aromatic heterocycles. The van der Waals surface area contributed by atoms with Gasteiger partial charge in [-0.3, -0.25) is 9.59 Å². The van der Waals surface area contributed by atoms with Crippen LogP contribution in [0, 0.1) is 0 Å². The highest BCUT2D eigenvalue weighted by molar-refractivity contribution is 7.99. The lowest BCUT2D eigenvalue weighted by atomic mass is 10.2. The molecular formula is C22H21ClF3N5O3S. The first-order chi connectivity index (χ1) is 16.6. The van der Waals surface area contributed by atoms with Gasteiger partial charge in [0, 0.05) is 17.3 Å². The average Bonchev–Trinajstić information content (AvgIpc) is 3.18. The van der Waals surface area contributed by atoms with Gasteiger partial charge in [0.15, 0.2) is 5.16 Å². The van der Waals surface area contributed by atoms with Crippen LogP contribution in [0.2, 0.25) is 5.02 Å². The molecule has 8 nitrogen and oxygen atoms in total. The van der Waals surface area contributed by atoms with Crippen LogP contribution in [0.5, 0.6) is 5.75 Å². The summed E-state index contributed by atoms with van der Waals surface area (Å²) in [5, 5.41) is 14.1. The third-order valence-corrected chi connectivity index (χ3v) is 5.87. The first-order valence-corrected chi connectivity index (χ1v) is 11.6. The van der Waals surface area contributed by atoms with Gasteiger partial charge >= 0.3 is 6.18 Å². The van der Waals surface area contributed by atoms with Crippen molar-refractivity contribution < 1.29 is 27.5 Å². The summed E-state index contributed by atoms with van der Waals surface area (Å²) in [6.07, 6.45) is -4.72. The Hall–Kier alpha value is -3.25. The van der Waals surface area contributed by atoms with Crippen LogP contribution in [0.15, 0.2) is 47.6 Å². The number of thioether (sulfide) groups is 1. The van der Waals surface area contributed by atoms with Crippen LogP contribution in [0.1, 0.15) is 18.3 Å². The Bertz CT molecular complexity index is 1220. The number of rotatable bonds is 9. The zero-order chi connectivity index (χ0) is 25.6. The zero-order valence-corrected chi connectivity index (χ0v) is 20.2. The van der Waals surface area contributed by atoms with Gasteiger partial charge in [0.1, 0.15) is 11.6 Å². The second-order valence-electron chi connectivity index (χ2n) is 7.13. The molecule has 186 valence electrons. The fourth-order valence-corrected chi connectivity index (χ4v) is 4.08. The van der Waals surface area contributed by atoms with Crippen LogP contribution in [-0.2, 0) is 28.7 Å². The lowest BCUT2D eigenvalue weighted by Crippen LogP contribution is -2.18. The summed E-state index contributed by atoms with van der Waals surface area (Å²) in [7, 11) is 1.47. The number of alkyl halides is 3. The largest absolute Gasteiger partial charge is 0.495 e. The Morgan fingerprint density at radius 1 is 1.11 bits per heavy atom. The first kappa shape index (κ1) is 26.4. The summed E-state index contributed by atoms with van der Waals surface area (Å²) in [6, 6.07) is 9.20. The summed E-state index contributed by atoms with van der Waals surface area (Å²) in [4.78, 5) is 24.8. The number of carbonyl (C=O) groups is 2. The van der Waals surface area contributed by atoms with Gasteiger partial charge in [-0.25, -0.2) is 0 Å². The third-order valence-electron chi connectivity index (χ3n) is 4.67. The van der Waals surface area contributed by atoms with Crippen molar-refractivity contribution in [2.75, 3.05) is 23.5 Å². The first-order valence-electron chi connectivity index (χ1n) is 10.3. The quantitative estimate of drug-likeness (QED) is 0.384. The van der Waals surface area contributed by atoms with Crippen LogP contribution >= 0.6 is 23.4 Å². The van der Waals surface area contributed by atoms with E-state index in [-0.39, 0.29) is 23.8 Å². The highest BCUT2D eigenvalue weighted by atomic mass is 35.5. The number of carbonyl (C=O) groups excluding carboxylic acids is 2. The zero-order valence-electron chi connectivity index (χ0n) is 18.6. The number of anilines is 2. The summed E-state index contributed by atoms with van der Waals surface area (Å²) in [5.74, 6) is -0.0988. The van der Waals surface area contributed by atoms with Crippen molar-refractivity contribution in [3.63, 3.8) is 0 Å². The number of aromatic nitrogens is 3. The number of nitrogens with zero attached hydrogens (tertiary/aromatic N) is 3. The van der Waals surface area contributed by atoms with Gasteiger partial charge in [-0.1, -0.05) is 29.4 Å². The molecule has 3 aromatic rings. The van der Waals surface area contributed by atoms with E-state index in [1.165, 1.54) is 19.2 Å². The molecule has 0 fully saturated rings. The van der Waals surface area contributed by atoms with Crippen molar-refractivity contribution in [1.82, 2.24) is 14.8 Å². The number of methoxy groups -OCH3 is 1. The number of ether oxygens (including phenoxy) is 1. The fraction of sp³-hybridized carbons (Fsp3) is 0.273. The molecule has 0 bridgehead atoms. The lowest BCUT2D eigenvalue weighted by molar-refractivity contribution is -0.137. The molecule has 0 saturated heterocycles. The number of halogens is 4. The minimum absolute atomic E-state index is 0.00420. The molecule has 2 aromatic carbocycles. The normalized spacial score (nSPS) is 11.3. The van der Waals surface area contributed by atoms with Crippen molar-refractivity contribution in [1.29, 1.82) is 0 Å². The minimum Gasteiger partial charge on any atom is -0.495 e. The third kappa shape index (κ3) is 7.12. The Balaban J connectivity index is 1.61. The summed E-state index contributed by atoms with van der Waals surface area (Å²) in [6.45, 7) is 2.24. The summed E-state index contributed by atoms with van der Waals surface area (Å²) in [5.41, 5.74) is -0.413. The molecule has 0 spiro atoms. The van der Waals surface area contributed by atoms with Crippen molar-refractivity contribution in [3.05, 3.63) is 58.9 Å². The maximum Gasteiger partial charge on any atom is 0.416 e. The van der Waals surface area contributed by atoms with E-state index >= 15 is 0 Å². The standard InChI is InChI=1S/C22H21ClF3N5O3S/c1-3-31-18(11-19(32)27-15-6-4-5-13(9-15)22(24,25)26)29-30-21(31)35-12-20(33)28-16-10-14(23)7-8-17(16)34-2/h4-10H,3,11-12H2,1-2H3,(H,27,32)(H,28,33). The number of amides is 2. The summed E-state index contributed by atoms with van der Waals surface area (Å²) >= 11 is 7.10. The van der Waals surface area contributed by atoms with Crippen molar-refractivity contribution in [2.24, 2.45) is 0 Å². The van der Waals surface area contributed by atoms with Gasteiger partial charge in [-0.2, -0.15) is 13.2 Å². The number of hydrogen-bond donors (Lipinski definition) is 2. The van der Waals surface area contributed by atoms with Gasteiger partial charge in [-0.15, -0.1) is 10.2 Å². The smallest absolute Gasteiger partial charge is 0.416 e. The van der Waals surface area contributed by atoms with Gasteiger partial charge < -0.3 is 19.9 Å². The van der Waals surface area contributed by atoms with E-state index in [0.29, 0.717) is 34.0 Å². The molecule has 1 heterocycles. The molecule has 0 radical (unpaired) electrons. The molecule has 0 aliphatic carbocycles. The van der Waals surface area contributed by atoms with Crippen LogP contribution in [0.4, 0.5) is 24.5 Å². The predicted octanol–water partition coefficient (Wildman–Crippen LogP) is 4.89. The van der Waals surface area contributed by atoms with Crippen LogP contribution < -0.4 is 15.4 Å². The molecule has 0 aliphatic heterocycles. The molecule has 0 aliphatic rings. The molecule has 0 saturated carbocycles. The molecule has 35 heavy (non-hydrogen) atoms. The topological polar surface area (TPSA) is 98.1 Å². The summed E-state index contributed by atoms with van der Waals surface area (Å²) < 4.78 is 45.5. The molecule has 0 atom stereocenters. The van der Waals surface area contributed by atoms with E-state index in [9.17, 15) is 22.8 Å². The Morgan fingerprint density at radius 2 is 1.89 bits per heavy atom. The molecule has 2 N–H and O–H groups in total. The monoisotopic (exact) mass is 527 g/mol. The highest BCUT2D eigenvalue weighted by Crippen LogP contribution is 2.31. The minimum atomic E-state index is -4.51. The Labute approximate surface area is 208 Å². The number of benzene rings is 2. The van der Waals surface area contributed by atoms with E-state index in [1.54, 1.807) is 22.8 Å². The van der Waals surface area contributed by atoms with E-state index in [2.05, 4.69) is 20.8 Å². The number of nitrogens with one attached hydrogen (secondary N) is 2. The van der Waals surface area contributed by atoms with Crippen molar-refractivity contribution >= 4 is 46.6 Å². The molecular weight excluding hydrogens is 507 g/mol. The predicted molar refractivity (Wildman–Crippen MR) is 127 cm³/mol. The van der Waals surface area contributed by atoms with Gasteiger partial charge in [0.2, 0.25) is 11.8 Å². The van der Waals surface area contributed by atoms with Crippen molar-refractivity contribution in [3.8, 4) is 5.75 Å². The lowest BCUT2D eigenvalue weighted by Gasteiger charge is -2.11. The van der Waals surface area contributed by atoms with Gasteiger partial charge in [-0.05, 0) is 43.3 Å². The van der Waals surface area contributed by atoms with E-state index in [0.717, 1.165) is 23.9 Å². The van der Waals surface area contributed by atoms with E-state index < -0.39 is 17.6 Å². The highest BCUT2D eigenvalue weighted by Gasteiger charge is 2.30.